The zero-order valence-corrected chi connectivity index (χ0v) is 14.0. The molecule has 1 atom stereocenters. The van der Waals surface area contributed by atoms with Crippen LogP contribution in [0.1, 0.15) is 48.1 Å². The van der Waals surface area contributed by atoms with Crippen molar-refractivity contribution in [3.8, 4) is 11.9 Å². The van der Waals surface area contributed by atoms with Crippen LogP contribution in [0, 0.1) is 11.3 Å². The fraction of sp³-hybridized carbons (Fsp3) is 0.333. The average molecular weight is 324 g/mol. The van der Waals surface area contributed by atoms with E-state index < -0.39 is 0 Å². The summed E-state index contributed by atoms with van der Waals surface area (Å²) in [5, 5.41) is 16.7. The molecule has 0 fully saturated rings. The third-order valence-electron chi connectivity index (χ3n) is 4.24. The summed E-state index contributed by atoms with van der Waals surface area (Å²) in [6, 6.07) is 10.4. The van der Waals surface area contributed by atoms with Crippen molar-refractivity contribution in [3.63, 3.8) is 0 Å². The van der Waals surface area contributed by atoms with Crippen LogP contribution in [0.2, 0.25) is 0 Å². The molecule has 3 rings (SSSR count). The second-order valence-electron chi connectivity index (χ2n) is 6.10. The molecule has 1 aromatic carbocycles. The largest absolute Gasteiger partial charge is 0.420 e. The van der Waals surface area contributed by atoms with Crippen LogP contribution in [0.4, 0.5) is 0 Å². The molecular formula is C18H20N4O2. The molecule has 0 spiro atoms. The third kappa shape index (κ3) is 2.63. The van der Waals surface area contributed by atoms with Crippen LogP contribution < -0.4 is 10.5 Å². The van der Waals surface area contributed by atoms with Crippen LogP contribution in [0.3, 0.4) is 0 Å². The third-order valence-corrected chi connectivity index (χ3v) is 4.24. The quantitative estimate of drug-likeness (QED) is 0.901. The van der Waals surface area contributed by atoms with E-state index in [1.54, 1.807) is 7.11 Å². The van der Waals surface area contributed by atoms with Crippen molar-refractivity contribution in [2.24, 2.45) is 5.73 Å². The molecule has 24 heavy (non-hydrogen) atoms. The van der Waals surface area contributed by atoms with E-state index in [0.29, 0.717) is 24.0 Å². The number of fused-ring (bicyclic) bond motifs is 1. The standard InChI is InChI=1S/C18H20N4O2/c1-10(2)11-4-6-12(7-5-11)15-13(8-19)17(20)24-18-16(15)14(9-23-3)21-22-18/h4-7,10,15H,9,20H2,1-3H3,(H,21,22)/t15-/m0/s1. The van der Waals surface area contributed by atoms with Crippen molar-refractivity contribution >= 4 is 0 Å². The maximum atomic E-state index is 9.59. The number of H-pyrrole nitrogens is 1. The van der Waals surface area contributed by atoms with E-state index in [1.807, 2.05) is 12.1 Å². The predicted octanol–water partition coefficient (Wildman–Crippen LogP) is 2.90. The van der Waals surface area contributed by atoms with E-state index in [9.17, 15) is 5.26 Å². The average Bonchev–Trinajstić information content (AvgIpc) is 2.96. The first-order chi connectivity index (χ1) is 11.6. The number of nitrogens with one attached hydrogen (secondary N) is 1. The Hall–Kier alpha value is -2.78. The molecule has 0 saturated carbocycles. The molecule has 0 saturated heterocycles. The lowest BCUT2D eigenvalue weighted by Crippen LogP contribution is -2.21. The predicted molar refractivity (Wildman–Crippen MR) is 89.1 cm³/mol. The first kappa shape index (κ1) is 16.1. The lowest BCUT2D eigenvalue weighted by molar-refractivity contribution is 0.180. The van der Waals surface area contributed by atoms with Gasteiger partial charge in [-0.1, -0.05) is 38.1 Å². The number of nitrogens with zero attached hydrogens (tertiary/aromatic N) is 2. The Balaban J connectivity index is 2.13. The van der Waals surface area contributed by atoms with E-state index >= 15 is 0 Å². The molecule has 1 aliphatic rings. The SMILES string of the molecule is COCc1[nH]nc2c1[C@@H](c1ccc(C(C)C)cc1)C(C#N)=C(N)O2. The number of nitriles is 1. The van der Waals surface area contributed by atoms with Gasteiger partial charge in [-0.05, 0) is 17.0 Å². The Morgan fingerprint density at radius 1 is 1.38 bits per heavy atom. The van der Waals surface area contributed by atoms with Crippen molar-refractivity contribution in [1.82, 2.24) is 10.2 Å². The molecule has 1 aromatic heterocycles. The zero-order chi connectivity index (χ0) is 17.3. The minimum absolute atomic E-state index is 0.0957. The molecule has 1 aliphatic heterocycles. The first-order valence-electron chi connectivity index (χ1n) is 7.80. The van der Waals surface area contributed by atoms with Crippen LogP contribution >= 0.6 is 0 Å². The molecule has 2 aromatic rings. The van der Waals surface area contributed by atoms with Crippen molar-refractivity contribution < 1.29 is 9.47 Å². The van der Waals surface area contributed by atoms with Gasteiger partial charge in [0.2, 0.25) is 11.8 Å². The summed E-state index contributed by atoms with van der Waals surface area (Å²) in [5.41, 5.74) is 10.1. The Kier molecular flexibility index (Phi) is 4.28. The minimum atomic E-state index is -0.316. The smallest absolute Gasteiger partial charge is 0.244 e. The number of methoxy groups -OCH3 is 1. The highest BCUT2D eigenvalue weighted by molar-refractivity contribution is 5.55. The summed E-state index contributed by atoms with van der Waals surface area (Å²) in [5.74, 6) is 0.622. The number of aromatic nitrogens is 2. The van der Waals surface area contributed by atoms with Gasteiger partial charge < -0.3 is 15.2 Å². The van der Waals surface area contributed by atoms with Crippen molar-refractivity contribution in [3.05, 3.63) is 58.1 Å². The molecule has 0 aliphatic carbocycles. The second kappa shape index (κ2) is 6.38. The van der Waals surface area contributed by atoms with Gasteiger partial charge in [0.1, 0.15) is 11.6 Å². The number of benzene rings is 1. The summed E-state index contributed by atoms with van der Waals surface area (Å²) < 4.78 is 10.7. The number of nitrogens with two attached hydrogens (primary N) is 1. The van der Waals surface area contributed by atoms with Gasteiger partial charge in [-0.25, -0.2) is 0 Å². The van der Waals surface area contributed by atoms with Gasteiger partial charge in [-0.15, -0.1) is 5.10 Å². The number of ether oxygens (including phenoxy) is 2. The van der Waals surface area contributed by atoms with Crippen LogP contribution in [0.5, 0.6) is 5.88 Å². The summed E-state index contributed by atoms with van der Waals surface area (Å²) >= 11 is 0. The number of allylic oxidation sites excluding steroid dienone is 1. The normalized spacial score (nSPS) is 16.7. The first-order valence-corrected chi connectivity index (χ1v) is 7.80. The van der Waals surface area contributed by atoms with Gasteiger partial charge in [0.25, 0.3) is 0 Å². The van der Waals surface area contributed by atoms with E-state index in [0.717, 1.165) is 16.8 Å². The topological polar surface area (TPSA) is 97.0 Å². The molecule has 6 heteroatoms. The molecule has 0 radical (unpaired) electrons. The van der Waals surface area contributed by atoms with Crippen molar-refractivity contribution in [1.29, 1.82) is 5.26 Å². The van der Waals surface area contributed by atoms with E-state index in [1.165, 1.54) is 5.56 Å². The molecule has 3 N–H and O–H groups in total. The van der Waals surface area contributed by atoms with Gasteiger partial charge in [-0.2, -0.15) is 5.26 Å². The lowest BCUT2D eigenvalue weighted by atomic mass is 9.83. The fourth-order valence-corrected chi connectivity index (χ4v) is 2.97. The van der Waals surface area contributed by atoms with Gasteiger partial charge in [0.15, 0.2) is 0 Å². The Morgan fingerprint density at radius 2 is 2.08 bits per heavy atom. The highest BCUT2D eigenvalue weighted by Crippen LogP contribution is 2.43. The van der Waals surface area contributed by atoms with Crippen molar-refractivity contribution in [2.45, 2.75) is 32.3 Å². The number of rotatable bonds is 4. The van der Waals surface area contributed by atoms with Gasteiger partial charge in [0, 0.05) is 7.11 Å². The van der Waals surface area contributed by atoms with Crippen LogP contribution in [-0.2, 0) is 11.3 Å². The molecule has 0 amide bonds. The molecule has 2 heterocycles. The highest BCUT2D eigenvalue weighted by atomic mass is 16.5. The monoisotopic (exact) mass is 324 g/mol. The van der Waals surface area contributed by atoms with Crippen LogP contribution in [-0.4, -0.2) is 17.3 Å². The van der Waals surface area contributed by atoms with Gasteiger partial charge >= 0.3 is 0 Å². The summed E-state index contributed by atoms with van der Waals surface area (Å²) in [6.45, 7) is 4.64. The number of hydrogen-bond donors (Lipinski definition) is 2. The molecule has 6 nitrogen and oxygen atoms in total. The summed E-state index contributed by atoms with van der Waals surface area (Å²) in [6.07, 6.45) is 0. The van der Waals surface area contributed by atoms with Gasteiger partial charge in [-0.3, -0.25) is 5.10 Å². The maximum absolute atomic E-state index is 9.59. The molecular weight excluding hydrogens is 304 g/mol. The minimum Gasteiger partial charge on any atom is -0.420 e. The van der Waals surface area contributed by atoms with E-state index in [-0.39, 0.29) is 11.8 Å². The van der Waals surface area contributed by atoms with Crippen molar-refractivity contribution in [2.75, 3.05) is 7.11 Å². The Labute approximate surface area is 140 Å². The number of hydrogen-bond acceptors (Lipinski definition) is 5. The van der Waals surface area contributed by atoms with E-state index in [4.69, 9.17) is 15.2 Å². The molecule has 0 bridgehead atoms. The Bertz CT molecular complexity index is 813. The van der Waals surface area contributed by atoms with Crippen LogP contribution in [0.25, 0.3) is 0 Å². The Morgan fingerprint density at radius 3 is 2.67 bits per heavy atom. The highest BCUT2D eigenvalue weighted by Gasteiger charge is 2.35. The second-order valence-corrected chi connectivity index (χ2v) is 6.10. The van der Waals surface area contributed by atoms with E-state index in [2.05, 4.69) is 42.2 Å². The zero-order valence-electron chi connectivity index (χ0n) is 14.0. The summed E-state index contributed by atoms with van der Waals surface area (Å²) in [7, 11) is 1.61. The van der Waals surface area contributed by atoms with Gasteiger partial charge in [0.05, 0.1) is 23.8 Å². The lowest BCUT2D eigenvalue weighted by Gasteiger charge is -2.24. The molecule has 124 valence electrons. The maximum Gasteiger partial charge on any atom is 0.244 e. The fourth-order valence-electron chi connectivity index (χ4n) is 2.97. The summed E-state index contributed by atoms with van der Waals surface area (Å²) in [4.78, 5) is 0. The number of aromatic amines is 1. The van der Waals surface area contributed by atoms with Crippen LogP contribution in [0.15, 0.2) is 35.7 Å². The molecule has 0 unspecified atom stereocenters.